The van der Waals surface area contributed by atoms with Gasteiger partial charge < -0.3 is 19.2 Å². The maximum atomic E-state index is 10.1. The summed E-state index contributed by atoms with van der Waals surface area (Å²) in [6.45, 7) is 17.8. The molecule has 1 N–H and O–H groups in total. The third kappa shape index (κ3) is 17.4. The van der Waals surface area contributed by atoms with E-state index in [-0.39, 0.29) is 58.5 Å². The van der Waals surface area contributed by atoms with Crippen LogP contribution in [0.2, 0.25) is 5.02 Å². The molecule has 27 rings (SSSR count). The Hall–Kier alpha value is -14.1. The monoisotopic (exact) mass is 1950 g/mol. The lowest BCUT2D eigenvalue weighted by atomic mass is 9.74. The largest absolute Gasteiger partial charge is 0.496 e. The van der Waals surface area contributed by atoms with E-state index in [1.54, 1.807) is 12.4 Å². The van der Waals surface area contributed by atoms with Crippen molar-refractivity contribution in [2.24, 2.45) is 0 Å². The molecule has 147 heavy (non-hydrogen) atoms. The number of aliphatic hydroxyl groups is 1. The van der Waals surface area contributed by atoms with Crippen LogP contribution < -0.4 is 15.5 Å². The van der Waals surface area contributed by atoms with Gasteiger partial charge in [-0.15, -0.1) is 0 Å². The zero-order valence-electron chi connectivity index (χ0n) is 84.2. The van der Waals surface area contributed by atoms with E-state index in [1.807, 2.05) is 24.3 Å². The van der Waals surface area contributed by atoms with Crippen LogP contribution in [0.5, 0.6) is 5.75 Å². The highest BCUT2D eigenvalue weighted by Crippen LogP contribution is 2.59. The standard InChI is InChI=1S/C53H36.C38H23Cl.C26H35O2P.C21H25BO2.2CH4/c1-53(2)51-24-10-9-21-44(51)45-28-26-36(30-52(45)53)35-25-27-43-46(29-35)48(40-23-12-16-34-14-4-6-18-38(34)40)32-49-42-20-8-7-19-41(42)47(31-50(43)49)39-22-11-15-33-13-3-5-17-37(33)39;39-26-19-20-33-34(21-26)36(30-18-8-12-25-10-2-4-14-28(25)30)23-37-32-16-6-5-15-31(32)35(22-38(33)37)29-17-7-11-24-9-1-3-13-27(24)29;1-28-24-17-10-11-20(19-27)26(24)23-16-8-9-18-25(23)29(21-12-4-2-5-13-21)22-14-6-3-7-15-22;1-19(2)17-10-8-7-9-15(17)16-12-11-14(13-18(16)19)22-23-20(3,4)21(5,6)24-22;;/h3-32H,1-2H3;1-23H;8-11,16-18,21-22,27H,2-7,12-15,19H2,1H3;7-13H,1-6H3;2*1H4. The molecule has 1 heterocycles. The smallest absolute Gasteiger partial charge is 0.494 e. The normalized spacial score (nSPS) is 15.3. The molecule has 1 aliphatic heterocycles. The van der Waals surface area contributed by atoms with Crippen LogP contribution in [0.15, 0.2) is 406 Å². The van der Waals surface area contributed by atoms with Gasteiger partial charge in [-0.3, -0.25) is 0 Å². The Morgan fingerprint density at radius 1 is 0.286 bits per heavy atom. The fourth-order valence-electron chi connectivity index (χ4n) is 25.1. The molecule has 0 unspecified atom stereocenters. The van der Waals surface area contributed by atoms with Crippen LogP contribution in [-0.4, -0.2) is 41.9 Å². The fraction of sp³-hybridized carbons (Fsp3) is 0.200. The maximum absolute atomic E-state index is 10.1. The van der Waals surface area contributed by atoms with Gasteiger partial charge in [0.25, 0.3) is 0 Å². The first-order chi connectivity index (χ1) is 70.8. The fourth-order valence-corrected chi connectivity index (χ4v) is 29.2. The van der Waals surface area contributed by atoms with Gasteiger partial charge in [0.2, 0.25) is 0 Å². The second-order valence-corrected chi connectivity index (χ2v) is 45.9. The first-order valence-electron chi connectivity index (χ1n) is 52.2. The zero-order valence-corrected chi connectivity index (χ0v) is 85.8. The zero-order chi connectivity index (χ0) is 98.6. The van der Waals surface area contributed by atoms with Gasteiger partial charge in [0.1, 0.15) is 5.75 Å². The minimum Gasteiger partial charge on any atom is -0.496 e. The third-order valence-electron chi connectivity index (χ3n) is 33.2. The Morgan fingerprint density at radius 2 is 0.619 bits per heavy atom. The Bertz CT molecular complexity index is 8800. The number of fused-ring (bicyclic) bond motifs is 20. The van der Waals surface area contributed by atoms with Crippen LogP contribution in [-0.2, 0) is 26.7 Å². The van der Waals surface area contributed by atoms with Crippen molar-refractivity contribution >= 4 is 145 Å². The number of hydrogen-bond donors (Lipinski definition) is 1. The Morgan fingerprint density at radius 3 is 1.07 bits per heavy atom. The molecule has 5 aliphatic rings. The van der Waals surface area contributed by atoms with Crippen molar-refractivity contribution in [3.05, 3.63) is 439 Å². The van der Waals surface area contributed by atoms with E-state index in [1.165, 1.54) is 278 Å². The van der Waals surface area contributed by atoms with Gasteiger partial charge in [-0.1, -0.05) is 452 Å². The van der Waals surface area contributed by atoms with Gasteiger partial charge in [-0.2, -0.15) is 0 Å². The molecule has 0 atom stereocenters. The molecule has 0 aromatic heterocycles. The molecule has 0 bridgehead atoms. The molecule has 3 fully saturated rings. The molecule has 1 saturated heterocycles. The summed E-state index contributed by atoms with van der Waals surface area (Å²) in [6.07, 6.45) is 14.0. The summed E-state index contributed by atoms with van der Waals surface area (Å²) in [6, 6.07) is 149. The van der Waals surface area contributed by atoms with E-state index < -0.39 is 0 Å². The molecule has 0 amide bonds. The lowest BCUT2D eigenvalue weighted by molar-refractivity contribution is 0.00578. The highest BCUT2D eigenvalue weighted by molar-refractivity contribution is 7.67. The average Bonchev–Trinajstić information content (AvgIpc) is 1.56. The van der Waals surface area contributed by atoms with Crippen LogP contribution in [0.4, 0.5) is 0 Å². The summed E-state index contributed by atoms with van der Waals surface area (Å²) >= 11 is 6.64. The van der Waals surface area contributed by atoms with E-state index in [4.69, 9.17) is 25.6 Å². The molecule has 22 aromatic carbocycles. The van der Waals surface area contributed by atoms with E-state index in [0.29, 0.717) is 0 Å². The highest BCUT2D eigenvalue weighted by Gasteiger charge is 2.52. The predicted molar refractivity (Wildman–Crippen MR) is 636 cm³/mol. The molecule has 4 aliphatic carbocycles. The summed E-state index contributed by atoms with van der Waals surface area (Å²) in [4.78, 5) is 0. The SMILES string of the molecule is C.C.CC1(C)c2ccccc2-c2ccc(-c3ccc4c(c3)c(-c3cccc5ccccc35)cc3c5ccccc5c(-c5cccc6ccccc56)cc43)cc21.CC1(C)c2ccccc2-c2ccc(B3OC(C)(C)C(C)(C)O3)cc21.COc1cccc(CO)c1-c1ccccc1P(C1CCCCC1)C1CCCCC1.Clc1ccc2c(c1)c(-c1cccc3ccccc13)cc1c3ccccc3c(-c3cccc4ccccc34)cc21. The van der Waals surface area contributed by atoms with Gasteiger partial charge in [0.05, 0.1) is 24.9 Å². The number of ether oxygens (including phenoxy) is 1. The minimum absolute atomic E-state index is 0. The Balaban J connectivity index is 0.000000116. The number of methoxy groups -OCH3 is 1. The van der Waals surface area contributed by atoms with Gasteiger partial charge in [0.15, 0.2) is 0 Å². The summed E-state index contributed by atoms with van der Waals surface area (Å²) < 4.78 is 18.2. The number of hydrogen-bond acceptors (Lipinski definition) is 4. The second kappa shape index (κ2) is 39.9. The lowest BCUT2D eigenvalue weighted by Gasteiger charge is -2.39. The number of aliphatic hydroxyl groups excluding tert-OH is 1. The molecule has 0 spiro atoms. The van der Waals surface area contributed by atoms with Crippen molar-refractivity contribution in [1.82, 2.24) is 0 Å². The van der Waals surface area contributed by atoms with Gasteiger partial charge in [0, 0.05) is 21.4 Å². The first-order valence-corrected chi connectivity index (χ1v) is 54.0. The first kappa shape index (κ1) is 97.6. The van der Waals surface area contributed by atoms with Crippen LogP contribution in [0, 0.1) is 0 Å². The number of benzene rings is 22. The quantitative estimate of drug-likeness (QED) is 0.0752. The van der Waals surface area contributed by atoms with E-state index in [9.17, 15) is 5.11 Å². The van der Waals surface area contributed by atoms with Crippen LogP contribution in [0.3, 0.4) is 0 Å². The van der Waals surface area contributed by atoms with Crippen molar-refractivity contribution < 1.29 is 19.2 Å². The van der Waals surface area contributed by atoms with Crippen molar-refractivity contribution in [2.45, 2.75) is 174 Å². The molecule has 7 heteroatoms. The lowest BCUT2D eigenvalue weighted by Crippen LogP contribution is -2.41. The van der Waals surface area contributed by atoms with Gasteiger partial charge >= 0.3 is 7.12 Å². The van der Waals surface area contributed by atoms with E-state index >= 15 is 0 Å². The predicted octanol–water partition coefficient (Wildman–Crippen LogP) is 38.4. The van der Waals surface area contributed by atoms with Crippen molar-refractivity contribution in [3.63, 3.8) is 0 Å². The van der Waals surface area contributed by atoms with Crippen LogP contribution >= 0.6 is 19.5 Å². The summed E-state index contributed by atoms with van der Waals surface area (Å²) in [5.74, 6) is 0.881. The van der Waals surface area contributed by atoms with Crippen molar-refractivity contribution in [3.8, 4) is 94.8 Å². The molecule has 4 nitrogen and oxygen atoms in total. The summed E-state index contributed by atoms with van der Waals surface area (Å²) in [5.41, 5.74) is 29.0. The number of rotatable bonds is 12. The van der Waals surface area contributed by atoms with E-state index in [0.717, 1.165) is 38.7 Å². The van der Waals surface area contributed by atoms with Crippen LogP contribution in [0.1, 0.15) is 162 Å². The molecular formula is C140H127BClO4P. The Kier molecular flexibility index (Phi) is 26.5. The highest BCUT2D eigenvalue weighted by atomic mass is 35.5. The molecular weight excluding hydrogens is 1820 g/mol. The molecule has 0 radical (unpaired) electrons. The summed E-state index contributed by atoms with van der Waals surface area (Å²) in [5, 5.41) is 37.5. The molecule has 22 aromatic rings. The topological polar surface area (TPSA) is 47.9 Å². The van der Waals surface area contributed by atoms with Crippen molar-refractivity contribution in [1.29, 1.82) is 0 Å². The van der Waals surface area contributed by atoms with E-state index in [2.05, 4.69) is 438 Å². The van der Waals surface area contributed by atoms with Crippen molar-refractivity contribution in [2.75, 3.05) is 7.11 Å². The minimum atomic E-state index is -0.310. The van der Waals surface area contributed by atoms with Gasteiger partial charge in [-0.05, 0) is 349 Å². The Labute approximate surface area is 873 Å². The maximum Gasteiger partial charge on any atom is 0.494 e. The third-order valence-corrected chi connectivity index (χ3v) is 37.0. The second-order valence-electron chi connectivity index (χ2n) is 42.7. The number of halogens is 1. The molecule has 2 saturated carbocycles. The van der Waals surface area contributed by atoms with Crippen LogP contribution in [0.25, 0.3) is 197 Å². The average molecular weight is 1950 g/mol. The summed E-state index contributed by atoms with van der Waals surface area (Å²) in [7, 11) is 1.23. The van der Waals surface area contributed by atoms with Gasteiger partial charge in [-0.25, -0.2) is 0 Å². The molecule has 726 valence electrons.